The number of hydrogen-bond acceptors (Lipinski definition) is 6. The highest BCUT2D eigenvalue weighted by Crippen LogP contribution is 2.30. The molecule has 0 amide bonds. The number of hydrogen-bond donors (Lipinski definition) is 1. The van der Waals surface area contributed by atoms with Gasteiger partial charge in [0.25, 0.3) is 0 Å². The molecule has 0 fully saturated rings. The van der Waals surface area contributed by atoms with Gasteiger partial charge in [-0.3, -0.25) is 4.98 Å². The van der Waals surface area contributed by atoms with Crippen LogP contribution >= 0.6 is 11.3 Å². The van der Waals surface area contributed by atoms with Gasteiger partial charge in [0.05, 0.1) is 12.3 Å². The van der Waals surface area contributed by atoms with Crippen LogP contribution in [0, 0.1) is 0 Å². The van der Waals surface area contributed by atoms with E-state index in [9.17, 15) is 9.90 Å². The van der Waals surface area contributed by atoms with Crippen molar-refractivity contribution in [1.82, 2.24) is 9.97 Å². The van der Waals surface area contributed by atoms with Gasteiger partial charge in [-0.25, -0.2) is 4.79 Å². The molecule has 0 saturated carbocycles. The second-order valence-corrected chi connectivity index (χ2v) is 4.11. The van der Waals surface area contributed by atoms with Crippen molar-refractivity contribution in [1.29, 1.82) is 0 Å². The first-order valence-electron chi connectivity index (χ1n) is 5.00. The van der Waals surface area contributed by atoms with Crippen LogP contribution in [-0.4, -0.2) is 27.7 Å². The third-order valence-electron chi connectivity index (χ3n) is 1.95. The summed E-state index contributed by atoms with van der Waals surface area (Å²) in [7, 11) is 0. The van der Waals surface area contributed by atoms with E-state index in [1.807, 2.05) is 6.07 Å². The van der Waals surface area contributed by atoms with Gasteiger partial charge in [-0.2, -0.15) is 4.98 Å². The molecule has 0 spiro atoms. The molecule has 6 heteroatoms. The molecule has 0 aliphatic carbocycles. The first-order valence-corrected chi connectivity index (χ1v) is 5.82. The Morgan fingerprint density at radius 3 is 3.00 bits per heavy atom. The molecule has 0 atom stereocenters. The SMILES string of the molecule is CCOC(=O)c1sc(-c2ccccn2)nc1O. The highest BCUT2D eigenvalue weighted by Gasteiger charge is 2.19. The minimum absolute atomic E-state index is 0.104. The molecule has 0 bridgehead atoms. The van der Waals surface area contributed by atoms with Gasteiger partial charge in [0.15, 0.2) is 4.88 Å². The molecule has 0 radical (unpaired) electrons. The lowest BCUT2D eigenvalue weighted by Crippen LogP contribution is -2.02. The molecule has 0 aliphatic rings. The molecular formula is C11H10N2O3S. The smallest absolute Gasteiger partial charge is 0.353 e. The average Bonchev–Trinajstić information content (AvgIpc) is 2.73. The fourth-order valence-corrected chi connectivity index (χ4v) is 2.07. The van der Waals surface area contributed by atoms with E-state index in [1.165, 1.54) is 0 Å². The Bertz CT molecular complexity index is 525. The van der Waals surface area contributed by atoms with Crippen LogP contribution < -0.4 is 0 Å². The molecule has 2 aromatic rings. The van der Waals surface area contributed by atoms with Crippen molar-refractivity contribution in [2.24, 2.45) is 0 Å². The van der Waals surface area contributed by atoms with Crippen LogP contribution in [0.1, 0.15) is 16.6 Å². The van der Waals surface area contributed by atoms with Crippen molar-refractivity contribution in [2.45, 2.75) is 6.92 Å². The van der Waals surface area contributed by atoms with Crippen molar-refractivity contribution >= 4 is 17.3 Å². The van der Waals surface area contributed by atoms with E-state index in [-0.39, 0.29) is 17.4 Å². The molecule has 1 N–H and O–H groups in total. The van der Waals surface area contributed by atoms with Crippen molar-refractivity contribution in [3.8, 4) is 16.6 Å². The van der Waals surface area contributed by atoms with E-state index in [1.54, 1.807) is 25.3 Å². The largest absolute Gasteiger partial charge is 0.492 e. The standard InChI is InChI=1S/C11H10N2O3S/c1-2-16-11(15)8-9(14)13-10(17-8)7-5-3-4-6-12-7/h3-6,14H,2H2,1H3. The fraction of sp³-hybridized carbons (Fsp3) is 0.182. The van der Waals surface area contributed by atoms with E-state index in [4.69, 9.17) is 4.74 Å². The zero-order chi connectivity index (χ0) is 12.3. The Hall–Kier alpha value is -1.95. The number of ether oxygens (including phenoxy) is 1. The Morgan fingerprint density at radius 2 is 2.35 bits per heavy atom. The summed E-state index contributed by atoms with van der Waals surface area (Å²) in [6, 6.07) is 5.35. The lowest BCUT2D eigenvalue weighted by Gasteiger charge is -1.96. The van der Waals surface area contributed by atoms with Gasteiger partial charge in [-0.05, 0) is 19.1 Å². The second kappa shape index (κ2) is 4.92. The molecule has 5 nitrogen and oxygen atoms in total. The number of carbonyl (C=O) groups excluding carboxylic acids is 1. The van der Waals surface area contributed by atoms with Gasteiger partial charge < -0.3 is 9.84 Å². The molecule has 0 aliphatic heterocycles. The molecular weight excluding hydrogens is 240 g/mol. The highest BCUT2D eigenvalue weighted by molar-refractivity contribution is 7.17. The summed E-state index contributed by atoms with van der Waals surface area (Å²) in [5.74, 6) is -0.876. The molecule has 2 aromatic heterocycles. The Balaban J connectivity index is 2.34. The summed E-state index contributed by atoms with van der Waals surface area (Å²) < 4.78 is 4.81. The lowest BCUT2D eigenvalue weighted by molar-refractivity contribution is 0.0528. The zero-order valence-corrected chi connectivity index (χ0v) is 9.90. The van der Waals surface area contributed by atoms with Crippen LogP contribution in [-0.2, 0) is 4.74 Å². The lowest BCUT2D eigenvalue weighted by atomic mass is 10.4. The van der Waals surface area contributed by atoms with Crippen LogP contribution in [0.5, 0.6) is 5.88 Å². The maximum Gasteiger partial charge on any atom is 0.353 e. The minimum Gasteiger partial charge on any atom is -0.492 e. The molecule has 88 valence electrons. The maximum absolute atomic E-state index is 11.5. The average molecular weight is 250 g/mol. The topological polar surface area (TPSA) is 72.3 Å². The fourth-order valence-electron chi connectivity index (χ4n) is 1.24. The molecule has 2 heterocycles. The number of pyridine rings is 1. The van der Waals surface area contributed by atoms with Gasteiger partial charge in [-0.1, -0.05) is 6.07 Å². The number of aromatic nitrogens is 2. The van der Waals surface area contributed by atoms with Gasteiger partial charge in [-0.15, -0.1) is 11.3 Å². The number of carbonyl (C=O) groups is 1. The molecule has 17 heavy (non-hydrogen) atoms. The summed E-state index contributed by atoms with van der Waals surface area (Å²) in [4.78, 5) is 19.6. The third kappa shape index (κ3) is 2.42. The number of thiazole rings is 1. The number of nitrogens with zero attached hydrogens (tertiary/aromatic N) is 2. The number of aromatic hydroxyl groups is 1. The zero-order valence-electron chi connectivity index (χ0n) is 9.08. The quantitative estimate of drug-likeness (QED) is 0.844. The minimum atomic E-state index is -0.565. The number of rotatable bonds is 3. The molecule has 2 rings (SSSR count). The first-order chi connectivity index (χ1) is 8.22. The van der Waals surface area contributed by atoms with Gasteiger partial charge >= 0.3 is 5.97 Å². The maximum atomic E-state index is 11.5. The third-order valence-corrected chi connectivity index (χ3v) is 3.00. The van der Waals surface area contributed by atoms with Crippen molar-refractivity contribution in [3.63, 3.8) is 0 Å². The normalized spacial score (nSPS) is 10.2. The van der Waals surface area contributed by atoms with E-state index >= 15 is 0 Å². The van der Waals surface area contributed by atoms with Crippen LogP contribution in [0.15, 0.2) is 24.4 Å². The van der Waals surface area contributed by atoms with Crippen molar-refractivity contribution in [2.75, 3.05) is 6.61 Å². The Morgan fingerprint density at radius 1 is 1.53 bits per heavy atom. The Kier molecular flexibility index (Phi) is 3.34. The van der Waals surface area contributed by atoms with Crippen LogP contribution in [0.4, 0.5) is 0 Å². The summed E-state index contributed by atoms with van der Waals surface area (Å²) in [6.45, 7) is 1.96. The molecule has 0 aromatic carbocycles. The summed E-state index contributed by atoms with van der Waals surface area (Å²) in [6.07, 6.45) is 1.62. The van der Waals surface area contributed by atoms with Gasteiger partial charge in [0.1, 0.15) is 5.01 Å². The van der Waals surface area contributed by atoms with Crippen LogP contribution in [0.2, 0.25) is 0 Å². The summed E-state index contributed by atoms with van der Waals surface area (Å²) >= 11 is 1.06. The predicted molar refractivity (Wildman–Crippen MR) is 63.0 cm³/mol. The van der Waals surface area contributed by atoms with E-state index < -0.39 is 5.97 Å². The second-order valence-electron chi connectivity index (χ2n) is 3.11. The monoisotopic (exact) mass is 250 g/mol. The summed E-state index contributed by atoms with van der Waals surface area (Å²) in [5.41, 5.74) is 0.614. The van der Waals surface area contributed by atoms with E-state index in [2.05, 4.69) is 9.97 Å². The van der Waals surface area contributed by atoms with Crippen LogP contribution in [0.25, 0.3) is 10.7 Å². The first kappa shape index (κ1) is 11.5. The van der Waals surface area contributed by atoms with Crippen molar-refractivity contribution < 1.29 is 14.6 Å². The van der Waals surface area contributed by atoms with Gasteiger partial charge in [0, 0.05) is 6.20 Å². The van der Waals surface area contributed by atoms with Crippen molar-refractivity contribution in [3.05, 3.63) is 29.3 Å². The van der Waals surface area contributed by atoms with Gasteiger partial charge in [0.2, 0.25) is 5.88 Å². The molecule has 0 saturated heterocycles. The highest BCUT2D eigenvalue weighted by atomic mass is 32.1. The van der Waals surface area contributed by atoms with Crippen LogP contribution in [0.3, 0.4) is 0 Å². The number of esters is 1. The van der Waals surface area contributed by atoms with E-state index in [0.29, 0.717) is 10.7 Å². The predicted octanol–water partition coefficient (Wildman–Crippen LogP) is 2.09. The Labute approximate surface area is 102 Å². The molecule has 0 unspecified atom stereocenters. The van der Waals surface area contributed by atoms with E-state index in [0.717, 1.165) is 11.3 Å². The summed E-state index contributed by atoms with van der Waals surface area (Å²) in [5, 5.41) is 10.1.